The van der Waals surface area contributed by atoms with Crippen molar-refractivity contribution in [3.8, 4) is 0 Å². The van der Waals surface area contributed by atoms with Crippen molar-refractivity contribution >= 4 is 23.8 Å². The van der Waals surface area contributed by atoms with Crippen LogP contribution in [-0.2, 0) is 4.79 Å². The van der Waals surface area contributed by atoms with Gasteiger partial charge in [-0.15, -0.1) is 0 Å². The minimum absolute atomic E-state index is 0.252. The number of furan rings is 1. The summed E-state index contributed by atoms with van der Waals surface area (Å²) in [5.74, 6) is 1.17. The maximum Gasteiger partial charge on any atom is 0.326 e. The number of aliphatic carboxylic acids is 1. The van der Waals surface area contributed by atoms with Crippen molar-refractivity contribution in [2.45, 2.75) is 39.3 Å². The largest absolute Gasteiger partial charge is 0.480 e. The van der Waals surface area contributed by atoms with Crippen molar-refractivity contribution < 1.29 is 19.1 Å². The first-order chi connectivity index (χ1) is 9.85. The molecule has 0 radical (unpaired) electrons. The van der Waals surface area contributed by atoms with E-state index in [4.69, 9.17) is 9.52 Å². The van der Waals surface area contributed by atoms with Gasteiger partial charge in [0.2, 0.25) is 0 Å². The molecular weight excluding hydrogens is 292 g/mol. The molecule has 1 aromatic heterocycles. The summed E-state index contributed by atoms with van der Waals surface area (Å²) in [7, 11) is 0. The minimum Gasteiger partial charge on any atom is -0.480 e. The fourth-order valence-corrected chi connectivity index (χ4v) is 2.52. The summed E-state index contributed by atoms with van der Waals surface area (Å²) in [6, 6.07) is 0.242. The summed E-state index contributed by atoms with van der Waals surface area (Å²) in [6.45, 7) is 5.50. The Hall–Kier alpha value is -1.63. The summed E-state index contributed by atoms with van der Waals surface area (Å²) in [6.07, 6.45) is 2.28. The molecule has 3 N–H and O–H groups in total. The summed E-state index contributed by atoms with van der Waals surface area (Å²) in [5.41, 5.74) is 0.888. The standard InChI is InChI=1S/C14H22N2O4S/c1-8-7-11(10(3)20-8)9(2)15-14(19)16-12(13(17)18)5-6-21-4/h7,9,12H,5-6H2,1-4H3,(H,17,18)(H2,15,16,19). The molecule has 1 heterocycles. The van der Waals surface area contributed by atoms with Crippen molar-refractivity contribution in [1.82, 2.24) is 10.6 Å². The number of hydrogen-bond donors (Lipinski definition) is 3. The summed E-state index contributed by atoms with van der Waals surface area (Å²) >= 11 is 1.54. The monoisotopic (exact) mass is 314 g/mol. The molecule has 2 atom stereocenters. The number of urea groups is 1. The maximum atomic E-state index is 11.9. The number of carboxylic acids is 1. The molecule has 0 fully saturated rings. The number of carbonyl (C=O) groups excluding carboxylic acids is 1. The lowest BCUT2D eigenvalue weighted by atomic mass is 10.1. The van der Waals surface area contributed by atoms with Crippen molar-refractivity contribution in [2.75, 3.05) is 12.0 Å². The van der Waals surface area contributed by atoms with E-state index >= 15 is 0 Å². The van der Waals surface area contributed by atoms with Crippen molar-refractivity contribution in [3.63, 3.8) is 0 Å². The van der Waals surface area contributed by atoms with Gasteiger partial charge >= 0.3 is 12.0 Å². The highest BCUT2D eigenvalue weighted by Crippen LogP contribution is 2.20. The van der Waals surface area contributed by atoms with Gasteiger partial charge in [0.25, 0.3) is 0 Å². The number of hydrogen-bond acceptors (Lipinski definition) is 4. The van der Waals surface area contributed by atoms with Gasteiger partial charge in [-0.25, -0.2) is 9.59 Å². The second-order valence-electron chi connectivity index (χ2n) is 4.88. The average Bonchev–Trinajstić information content (AvgIpc) is 2.73. The van der Waals surface area contributed by atoms with Gasteiger partial charge in [0, 0.05) is 5.56 Å². The van der Waals surface area contributed by atoms with E-state index in [0.29, 0.717) is 12.2 Å². The molecule has 7 heteroatoms. The van der Waals surface area contributed by atoms with Crippen LogP contribution >= 0.6 is 11.8 Å². The molecular formula is C14H22N2O4S. The van der Waals surface area contributed by atoms with Crippen LogP contribution in [0.5, 0.6) is 0 Å². The van der Waals surface area contributed by atoms with E-state index in [9.17, 15) is 9.59 Å². The molecule has 0 aliphatic heterocycles. The Morgan fingerprint density at radius 1 is 1.38 bits per heavy atom. The van der Waals surface area contributed by atoms with Gasteiger partial charge < -0.3 is 20.2 Å². The zero-order chi connectivity index (χ0) is 16.0. The average molecular weight is 314 g/mol. The zero-order valence-electron chi connectivity index (χ0n) is 12.7. The fourth-order valence-electron chi connectivity index (χ4n) is 2.05. The Morgan fingerprint density at radius 2 is 2.05 bits per heavy atom. The highest BCUT2D eigenvalue weighted by atomic mass is 32.2. The number of thioether (sulfide) groups is 1. The molecule has 1 rings (SSSR count). The number of rotatable bonds is 7. The van der Waals surface area contributed by atoms with Gasteiger partial charge in [-0.1, -0.05) is 0 Å². The van der Waals surface area contributed by atoms with E-state index in [2.05, 4.69) is 10.6 Å². The quantitative estimate of drug-likeness (QED) is 0.719. The third-order valence-corrected chi connectivity index (χ3v) is 3.75. The third kappa shape index (κ3) is 5.34. The molecule has 0 aliphatic carbocycles. The van der Waals surface area contributed by atoms with E-state index in [1.54, 1.807) is 11.8 Å². The predicted octanol–water partition coefficient (Wildman–Crippen LogP) is 2.46. The Morgan fingerprint density at radius 3 is 2.52 bits per heavy atom. The number of aryl methyl sites for hydroxylation is 2. The molecule has 6 nitrogen and oxygen atoms in total. The van der Waals surface area contributed by atoms with Gasteiger partial charge in [0.05, 0.1) is 6.04 Å². The Bertz CT molecular complexity index is 501. The SMILES string of the molecule is CSCCC(NC(=O)NC(C)c1cc(C)oc1C)C(=O)O. The first-order valence-corrected chi connectivity index (χ1v) is 8.10. The number of nitrogens with one attached hydrogen (secondary N) is 2. The van der Waals surface area contributed by atoms with Crippen LogP contribution in [0.2, 0.25) is 0 Å². The van der Waals surface area contributed by atoms with E-state index in [0.717, 1.165) is 17.1 Å². The van der Waals surface area contributed by atoms with Gasteiger partial charge in [-0.05, 0) is 45.3 Å². The van der Waals surface area contributed by atoms with Gasteiger partial charge in [-0.2, -0.15) is 11.8 Å². The summed E-state index contributed by atoms with van der Waals surface area (Å²) in [5, 5.41) is 14.3. The van der Waals surface area contributed by atoms with Gasteiger partial charge in [0.1, 0.15) is 17.6 Å². The Kier molecular flexibility index (Phi) is 6.61. The Labute approximate surface area is 128 Å². The highest BCUT2D eigenvalue weighted by molar-refractivity contribution is 7.98. The molecule has 0 bridgehead atoms. The zero-order valence-corrected chi connectivity index (χ0v) is 13.5. The molecule has 2 amide bonds. The lowest BCUT2D eigenvalue weighted by Gasteiger charge is -2.18. The fraction of sp³-hybridized carbons (Fsp3) is 0.571. The topological polar surface area (TPSA) is 91.6 Å². The second kappa shape index (κ2) is 7.97. The molecule has 0 aromatic carbocycles. The number of carbonyl (C=O) groups is 2. The number of amides is 2. The summed E-state index contributed by atoms with van der Waals surface area (Å²) in [4.78, 5) is 23.0. The molecule has 118 valence electrons. The van der Waals surface area contributed by atoms with Crippen LogP contribution in [0, 0.1) is 13.8 Å². The normalized spacial score (nSPS) is 13.5. The van der Waals surface area contributed by atoms with Crippen LogP contribution in [0.4, 0.5) is 4.79 Å². The summed E-state index contributed by atoms with van der Waals surface area (Å²) < 4.78 is 5.42. The maximum absolute atomic E-state index is 11.9. The van der Waals surface area contributed by atoms with Crippen LogP contribution in [0.3, 0.4) is 0 Å². The lowest BCUT2D eigenvalue weighted by molar-refractivity contribution is -0.139. The molecule has 2 unspecified atom stereocenters. The van der Waals surface area contributed by atoms with Crippen LogP contribution in [0.15, 0.2) is 10.5 Å². The molecule has 1 aromatic rings. The van der Waals surface area contributed by atoms with E-state index < -0.39 is 18.0 Å². The first kappa shape index (κ1) is 17.4. The van der Waals surface area contributed by atoms with E-state index in [1.807, 2.05) is 33.1 Å². The molecule has 21 heavy (non-hydrogen) atoms. The molecule has 0 saturated heterocycles. The van der Waals surface area contributed by atoms with Crippen LogP contribution in [0.1, 0.15) is 36.5 Å². The first-order valence-electron chi connectivity index (χ1n) is 6.70. The van der Waals surface area contributed by atoms with Gasteiger partial charge in [-0.3, -0.25) is 0 Å². The molecule has 0 spiro atoms. The van der Waals surface area contributed by atoms with Crippen LogP contribution < -0.4 is 10.6 Å². The van der Waals surface area contributed by atoms with Crippen LogP contribution in [0.25, 0.3) is 0 Å². The molecule has 0 aliphatic rings. The van der Waals surface area contributed by atoms with Gasteiger partial charge in [0.15, 0.2) is 0 Å². The number of carboxylic acid groups (broad SMARTS) is 1. The van der Waals surface area contributed by atoms with Crippen molar-refractivity contribution in [3.05, 3.63) is 23.2 Å². The minimum atomic E-state index is -1.03. The van der Waals surface area contributed by atoms with E-state index in [-0.39, 0.29) is 6.04 Å². The molecule has 0 saturated carbocycles. The van der Waals surface area contributed by atoms with Crippen molar-refractivity contribution in [1.29, 1.82) is 0 Å². The second-order valence-corrected chi connectivity index (χ2v) is 5.87. The highest BCUT2D eigenvalue weighted by Gasteiger charge is 2.21. The Balaban J connectivity index is 2.59. The van der Waals surface area contributed by atoms with Crippen molar-refractivity contribution in [2.24, 2.45) is 0 Å². The van der Waals surface area contributed by atoms with E-state index in [1.165, 1.54) is 0 Å². The van der Waals surface area contributed by atoms with Crippen LogP contribution in [-0.4, -0.2) is 35.2 Å². The smallest absolute Gasteiger partial charge is 0.326 e. The predicted molar refractivity (Wildman–Crippen MR) is 82.7 cm³/mol. The lowest BCUT2D eigenvalue weighted by Crippen LogP contribution is -2.46. The third-order valence-electron chi connectivity index (χ3n) is 3.11.